The Bertz CT molecular complexity index is 1360. The van der Waals surface area contributed by atoms with Gasteiger partial charge in [0.05, 0.1) is 25.5 Å². The van der Waals surface area contributed by atoms with E-state index in [9.17, 15) is 9.59 Å². The van der Waals surface area contributed by atoms with Crippen molar-refractivity contribution in [3.63, 3.8) is 0 Å². The van der Waals surface area contributed by atoms with Gasteiger partial charge in [-0.25, -0.2) is 4.90 Å². The van der Waals surface area contributed by atoms with E-state index in [1.54, 1.807) is 32.4 Å². The summed E-state index contributed by atoms with van der Waals surface area (Å²) in [7, 11) is 3.12. The predicted molar refractivity (Wildman–Crippen MR) is 132 cm³/mol. The highest BCUT2D eigenvalue weighted by Gasteiger charge is 2.44. The number of methoxy groups -OCH3 is 2. The Hall–Kier alpha value is -4.06. The summed E-state index contributed by atoms with van der Waals surface area (Å²) in [5, 5.41) is 0. The van der Waals surface area contributed by atoms with E-state index >= 15 is 0 Å². The summed E-state index contributed by atoms with van der Waals surface area (Å²) in [5.74, 6) is 0.396. The summed E-state index contributed by atoms with van der Waals surface area (Å²) >= 11 is 0. The van der Waals surface area contributed by atoms with Crippen LogP contribution in [0.1, 0.15) is 22.3 Å². The van der Waals surface area contributed by atoms with Gasteiger partial charge in [-0.3, -0.25) is 9.59 Å². The number of fused-ring (bicyclic) bond motifs is 1. The topological polar surface area (TPSA) is 59.1 Å². The summed E-state index contributed by atoms with van der Waals surface area (Å²) < 4.78 is 10.9. The molecule has 6 nitrogen and oxygen atoms in total. The van der Waals surface area contributed by atoms with Crippen LogP contribution in [0.5, 0.6) is 11.5 Å². The number of hydrogen-bond acceptors (Lipinski definition) is 5. The van der Waals surface area contributed by atoms with Crippen molar-refractivity contribution in [1.29, 1.82) is 0 Å². The number of benzene rings is 3. The molecule has 2 heterocycles. The van der Waals surface area contributed by atoms with Crippen LogP contribution in [0.25, 0.3) is 5.57 Å². The van der Waals surface area contributed by atoms with Crippen molar-refractivity contribution in [2.75, 3.05) is 30.6 Å². The number of rotatable bonds is 5. The molecule has 6 heteroatoms. The summed E-state index contributed by atoms with van der Waals surface area (Å²) in [6, 6.07) is 19.1. The lowest BCUT2D eigenvalue weighted by atomic mass is 10.0. The molecule has 5 rings (SSSR count). The minimum absolute atomic E-state index is 0.319. The van der Waals surface area contributed by atoms with Gasteiger partial charge >= 0.3 is 0 Å². The highest BCUT2D eigenvalue weighted by molar-refractivity contribution is 6.46. The lowest BCUT2D eigenvalue weighted by Crippen LogP contribution is -2.35. The average Bonchev–Trinajstić information content (AvgIpc) is 3.38. The second kappa shape index (κ2) is 8.37. The molecule has 3 aromatic rings. The van der Waals surface area contributed by atoms with E-state index in [0.29, 0.717) is 40.6 Å². The third kappa shape index (κ3) is 3.34. The Morgan fingerprint density at radius 1 is 0.794 bits per heavy atom. The van der Waals surface area contributed by atoms with Crippen molar-refractivity contribution < 1.29 is 19.1 Å². The number of para-hydroxylation sites is 1. The third-order valence-electron chi connectivity index (χ3n) is 6.49. The molecular weight excluding hydrogens is 428 g/mol. The van der Waals surface area contributed by atoms with Crippen LogP contribution in [0.4, 0.5) is 11.4 Å². The van der Waals surface area contributed by atoms with Crippen molar-refractivity contribution in [3.05, 3.63) is 88.6 Å². The largest absolute Gasteiger partial charge is 0.493 e. The molecule has 0 atom stereocenters. The molecule has 3 aromatic carbocycles. The van der Waals surface area contributed by atoms with Gasteiger partial charge in [0.1, 0.15) is 5.70 Å². The number of carbonyl (C=O) groups excluding carboxylic acids is 2. The molecule has 34 heavy (non-hydrogen) atoms. The molecule has 0 radical (unpaired) electrons. The molecule has 0 bridgehead atoms. The molecule has 0 fully saturated rings. The smallest absolute Gasteiger partial charge is 0.282 e. The van der Waals surface area contributed by atoms with Gasteiger partial charge in [-0.1, -0.05) is 36.4 Å². The lowest BCUT2D eigenvalue weighted by molar-refractivity contribution is -0.120. The minimum atomic E-state index is -0.342. The first-order valence-electron chi connectivity index (χ1n) is 11.2. The van der Waals surface area contributed by atoms with Gasteiger partial charge in [-0.05, 0) is 66.8 Å². The van der Waals surface area contributed by atoms with Crippen LogP contribution in [0.15, 0.2) is 66.4 Å². The first kappa shape index (κ1) is 21.8. The normalized spacial score (nSPS) is 15.3. The number of carbonyl (C=O) groups is 2. The fourth-order valence-electron chi connectivity index (χ4n) is 4.77. The van der Waals surface area contributed by atoms with Gasteiger partial charge in [0, 0.05) is 12.2 Å². The fourth-order valence-corrected chi connectivity index (χ4v) is 4.77. The van der Waals surface area contributed by atoms with Gasteiger partial charge < -0.3 is 14.4 Å². The first-order chi connectivity index (χ1) is 16.4. The molecule has 0 spiro atoms. The van der Waals surface area contributed by atoms with Gasteiger partial charge in [-0.2, -0.15) is 0 Å². The quantitative estimate of drug-likeness (QED) is 0.525. The molecule has 172 valence electrons. The van der Waals surface area contributed by atoms with Crippen molar-refractivity contribution in [2.45, 2.75) is 20.3 Å². The highest BCUT2D eigenvalue weighted by Crippen LogP contribution is 2.42. The molecule has 2 aliphatic heterocycles. The van der Waals surface area contributed by atoms with E-state index in [1.165, 1.54) is 4.90 Å². The van der Waals surface area contributed by atoms with E-state index in [1.807, 2.05) is 55.1 Å². The van der Waals surface area contributed by atoms with E-state index < -0.39 is 0 Å². The highest BCUT2D eigenvalue weighted by atomic mass is 16.5. The second-order valence-corrected chi connectivity index (χ2v) is 8.56. The van der Waals surface area contributed by atoms with Crippen molar-refractivity contribution in [3.8, 4) is 11.5 Å². The van der Waals surface area contributed by atoms with E-state index in [2.05, 4.69) is 6.07 Å². The molecular formula is C28H26N2O4. The molecule has 0 saturated heterocycles. The van der Waals surface area contributed by atoms with Gasteiger partial charge in [0.15, 0.2) is 11.5 Å². The summed E-state index contributed by atoms with van der Waals surface area (Å²) in [5.41, 5.74) is 5.94. The van der Waals surface area contributed by atoms with Crippen LogP contribution in [-0.2, 0) is 16.0 Å². The molecule has 0 N–H and O–H groups in total. The van der Waals surface area contributed by atoms with Crippen LogP contribution in [0, 0.1) is 13.8 Å². The van der Waals surface area contributed by atoms with Crippen LogP contribution < -0.4 is 19.3 Å². The Labute approximate surface area is 199 Å². The van der Waals surface area contributed by atoms with Crippen molar-refractivity contribution in [1.82, 2.24) is 0 Å². The maximum atomic E-state index is 14.0. The van der Waals surface area contributed by atoms with Crippen LogP contribution in [0.2, 0.25) is 0 Å². The lowest BCUT2D eigenvalue weighted by Gasteiger charge is -2.22. The van der Waals surface area contributed by atoms with Gasteiger partial charge in [0.25, 0.3) is 11.8 Å². The zero-order valence-corrected chi connectivity index (χ0v) is 19.7. The molecule has 0 saturated carbocycles. The van der Waals surface area contributed by atoms with Gasteiger partial charge in [0.2, 0.25) is 0 Å². The number of ether oxygens (including phenoxy) is 2. The number of anilines is 2. The Kier molecular flexibility index (Phi) is 5.36. The maximum Gasteiger partial charge on any atom is 0.282 e. The molecule has 0 aliphatic carbocycles. The number of aryl methyl sites for hydroxylation is 2. The van der Waals surface area contributed by atoms with Gasteiger partial charge in [-0.15, -0.1) is 0 Å². The number of hydrogen-bond donors (Lipinski definition) is 0. The van der Waals surface area contributed by atoms with E-state index in [-0.39, 0.29) is 11.8 Å². The monoisotopic (exact) mass is 454 g/mol. The Morgan fingerprint density at radius 2 is 1.56 bits per heavy atom. The maximum absolute atomic E-state index is 14.0. The summed E-state index contributed by atoms with van der Waals surface area (Å²) in [6.07, 6.45) is 0.809. The van der Waals surface area contributed by atoms with Crippen LogP contribution in [-0.4, -0.2) is 32.6 Å². The number of amides is 2. The predicted octanol–water partition coefficient (Wildman–Crippen LogP) is 4.67. The Morgan fingerprint density at radius 3 is 2.32 bits per heavy atom. The van der Waals surface area contributed by atoms with Crippen LogP contribution >= 0.6 is 0 Å². The molecule has 2 amide bonds. The summed E-state index contributed by atoms with van der Waals surface area (Å²) in [4.78, 5) is 31.2. The van der Waals surface area contributed by atoms with Crippen molar-refractivity contribution in [2.24, 2.45) is 0 Å². The molecule has 0 unspecified atom stereocenters. The van der Waals surface area contributed by atoms with Crippen molar-refractivity contribution >= 4 is 28.8 Å². The van der Waals surface area contributed by atoms with E-state index in [4.69, 9.17) is 9.47 Å². The second-order valence-electron chi connectivity index (χ2n) is 8.56. The average molecular weight is 455 g/mol. The SMILES string of the molecule is COc1ccc(C2=C(N3CCc4ccccc43)C(=O)N(c3cc(C)ccc3C)C2=O)cc1OC. The zero-order chi connectivity index (χ0) is 24.0. The fraction of sp³-hybridized carbons (Fsp3) is 0.214. The Balaban J connectivity index is 1.72. The van der Waals surface area contributed by atoms with Crippen LogP contribution in [0.3, 0.4) is 0 Å². The molecule has 0 aromatic heterocycles. The summed E-state index contributed by atoms with van der Waals surface area (Å²) in [6.45, 7) is 4.49. The third-order valence-corrected chi connectivity index (χ3v) is 6.49. The van der Waals surface area contributed by atoms with E-state index in [0.717, 1.165) is 28.8 Å². The number of imide groups is 1. The first-order valence-corrected chi connectivity index (χ1v) is 11.2. The standard InChI is InChI=1S/C28H26N2O4/c1-17-9-10-18(2)22(15-17)30-27(31)25(20-11-12-23(33-3)24(16-20)34-4)26(28(30)32)29-14-13-19-7-5-6-8-21(19)29/h5-12,15-16H,13-14H2,1-4H3. The molecule has 2 aliphatic rings. The minimum Gasteiger partial charge on any atom is -0.493 e. The zero-order valence-electron chi connectivity index (χ0n) is 19.7. The number of nitrogens with zero attached hydrogens (tertiary/aromatic N) is 2.